The summed E-state index contributed by atoms with van der Waals surface area (Å²) in [6.45, 7) is 0. The maximum atomic E-state index is 5.94. The molecule has 0 saturated carbocycles. The van der Waals surface area contributed by atoms with Gasteiger partial charge in [-0.15, -0.1) is 5.10 Å². The number of nitrogens with two attached hydrogens (primary N) is 1. The van der Waals surface area contributed by atoms with Gasteiger partial charge in [-0.2, -0.15) is 4.79 Å². The monoisotopic (exact) mass is 261 g/mol. The van der Waals surface area contributed by atoms with E-state index in [1.807, 2.05) is 38.4 Å². The number of nitrogens with one attached hydrogen (secondary N) is 4. The third kappa shape index (κ3) is 2.35. The van der Waals surface area contributed by atoms with Crippen LogP contribution in [-0.4, -0.2) is 31.0 Å². The number of para-hydroxylation sites is 2. The van der Waals surface area contributed by atoms with Crippen LogP contribution in [-0.2, 0) is 0 Å². The number of hydrogen-bond donors (Lipinski definition) is 5. The Bertz CT molecular complexity index is 561. The lowest BCUT2D eigenvalue weighted by Crippen LogP contribution is -2.14. The van der Waals surface area contributed by atoms with Crippen LogP contribution in [0.3, 0.4) is 0 Å². The Kier molecular flexibility index (Phi) is 3.65. The molecule has 1 aromatic heterocycles. The van der Waals surface area contributed by atoms with Crippen molar-refractivity contribution in [2.45, 2.75) is 0 Å². The van der Waals surface area contributed by atoms with Gasteiger partial charge in [0.25, 0.3) is 0 Å². The van der Waals surface area contributed by atoms with Crippen LogP contribution >= 0.6 is 0 Å². The van der Waals surface area contributed by atoms with Crippen LogP contribution in [0.4, 0.5) is 28.7 Å². The van der Waals surface area contributed by atoms with Gasteiger partial charge in [-0.05, 0) is 12.1 Å². The Morgan fingerprint density at radius 1 is 1.11 bits per heavy atom. The number of aromatic nitrogens is 2. The third-order valence-electron chi connectivity index (χ3n) is 2.79. The fraction of sp³-hybridized carbons (Fsp3) is 0.250. The molecule has 0 saturated heterocycles. The van der Waals surface area contributed by atoms with E-state index in [1.165, 1.54) is 0 Å². The Balaban J connectivity index is 2.44. The Hall–Kier alpha value is -2.57. The fourth-order valence-electron chi connectivity index (χ4n) is 1.85. The number of nitrogen functional groups attached to an aromatic ring is 1. The zero-order valence-corrected chi connectivity index (χ0v) is 11.3. The van der Waals surface area contributed by atoms with E-state index in [1.54, 1.807) is 11.8 Å². The molecule has 0 aliphatic carbocycles. The van der Waals surface area contributed by atoms with Crippen LogP contribution in [0.1, 0.15) is 0 Å². The first-order chi connectivity index (χ1) is 9.21. The van der Waals surface area contributed by atoms with Crippen LogP contribution < -0.4 is 27.1 Å². The van der Waals surface area contributed by atoms with Crippen molar-refractivity contribution in [3.63, 3.8) is 0 Å². The normalized spacial score (nSPS) is 10.1. The van der Waals surface area contributed by atoms with E-state index in [0.29, 0.717) is 5.69 Å². The molecule has 6 N–H and O–H groups in total. The van der Waals surface area contributed by atoms with Crippen molar-refractivity contribution >= 4 is 28.7 Å². The summed E-state index contributed by atoms with van der Waals surface area (Å²) in [4.78, 5) is 1.65. The molecule has 102 valence electrons. The van der Waals surface area contributed by atoms with E-state index in [0.717, 1.165) is 23.0 Å². The molecule has 0 spiro atoms. The smallest absolute Gasteiger partial charge is 0.176 e. The minimum absolute atomic E-state index is 0.684. The topological polar surface area (TPSA) is 92.0 Å². The molecule has 0 radical (unpaired) electrons. The Labute approximate surface area is 112 Å². The Morgan fingerprint density at radius 2 is 1.84 bits per heavy atom. The highest BCUT2D eigenvalue weighted by Crippen LogP contribution is 2.33. The predicted octanol–water partition coefficient (Wildman–Crippen LogP) is 1.47. The molecule has 0 atom stereocenters. The second-order valence-electron chi connectivity index (χ2n) is 3.92. The summed E-state index contributed by atoms with van der Waals surface area (Å²) < 4.78 is 0. The Morgan fingerprint density at radius 3 is 2.42 bits per heavy atom. The molecular weight excluding hydrogens is 242 g/mol. The summed E-state index contributed by atoms with van der Waals surface area (Å²) in [5.74, 6) is 1.54. The number of hydrogen-bond acceptors (Lipinski definition) is 6. The lowest BCUT2D eigenvalue weighted by molar-refractivity contribution is 0.791. The van der Waals surface area contributed by atoms with Crippen molar-refractivity contribution in [3.05, 3.63) is 24.3 Å². The van der Waals surface area contributed by atoms with Crippen molar-refractivity contribution in [3.8, 4) is 0 Å². The van der Waals surface area contributed by atoms with Crippen LogP contribution in [0.15, 0.2) is 24.3 Å². The molecule has 0 aliphatic heterocycles. The highest BCUT2D eigenvalue weighted by molar-refractivity contribution is 5.85. The summed E-state index contributed by atoms with van der Waals surface area (Å²) in [6, 6.07) is 7.60. The van der Waals surface area contributed by atoms with Gasteiger partial charge in [0.15, 0.2) is 11.6 Å². The molecule has 0 unspecified atom stereocenters. The van der Waals surface area contributed by atoms with Crippen LogP contribution in [0, 0.1) is 0 Å². The molecule has 7 heteroatoms. The minimum atomic E-state index is 0.684. The number of anilines is 5. The van der Waals surface area contributed by atoms with E-state index >= 15 is 0 Å². The number of rotatable bonds is 5. The van der Waals surface area contributed by atoms with Gasteiger partial charge in [0, 0.05) is 21.1 Å². The quantitative estimate of drug-likeness (QED) is 0.523. The van der Waals surface area contributed by atoms with Crippen molar-refractivity contribution in [2.24, 2.45) is 0 Å². The van der Waals surface area contributed by atoms with Crippen LogP contribution in [0.25, 0.3) is 0 Å². The summed E-state index contributed by atoms with van der Waals surface area (Å²) in [5.41, 5.74) is 11.3. The highest BCUT2D eigenvalue weighted by atomic mass is 15.6. The van der Waals surface area contributed by atoms with Gasteiger partial charge >= 0.3 is 0 Å². The van der Waals surface area contributed by atoms with Gasteiger partial charge in [-0.25, -0.2) is 0 Å². The molecule has 1 heterocycles. The average molecular weight is 261 g/mol. The molecule has 0 fully saturated rings. The molecule has 0 bridgehead atoms. The van der Waals surface area contributed by atoms with E-state index < -0.39 is 0 Å². The van der Waals surface area contributed by atoms with Crippen molar-refractivity contribution in [2.75, 3.05) is 48.3 Å². The molecule has 19 heavy (non-hydrogen) atoms. The molecular formula is C12H19N7. The molecule has 2 rings (SSSR count). The first-order valence-electron chi connectivity index (χ1n) is 5.99. The number of benzene rings is 1. The summed E-state index contributed by atoms with van der Waals surface area (Å²) in [6.07, 6.45) is 0. The van der Waals surface area contributed by atoms with E-state index in [-0.39, 0.29) is 0 Å². The van der Waals surface area contributed by atoms with Crippen molar-refractivity contribution in [1.29, 1.82) is 0 Å². The number of nitrogens with zero attached hydrogens (tertiary/aromatic N) is 2. The van der Waals surface area contributed by atoms with E-state index in [2.05, 4.69) is 26.5 Å². The highest BCUT2D eigenvalue weighted by Gasteiger charge is 2.16. The molecule has 7 nitrogen and oxygen atoms in total. The molecule has 0 aliphatic rings. The zero-order chi connectivity index (χ0) is 13.8. The van der Waals surface area contributed by atoms with Gasteiger partial charge in [0.2, 0.25) is 0 Å². The molecule has 2 aromatic rings. The first kappa shape index (κ1) is 12.9. The summed E-state index contributed by atoms with van der Waals surface area (Å²) in [7, 11) is 5.46. The van der Waals surface area contributed by atoms with E-state index in [9.17, 15) is 0 Å². The largest absolute Gasteiger partial charge is 0.397 e. The first-order valence-corrected chi connectivity index (χ1v) is 5.99. The SMILES string of the molecule is CNc1nn(NC)c(NC)c1Nc1ccccc1N. The lowest BCUT2D eigenvalue weighted by atomic mass is 10.2. The maximum Gasteiger partial charge on any atom is 0.176 e. The van der Waals surface area contributed by atoms with Gasteiger partial charge in [0.05, 0.1) is 11.4 Å². The summed E-state index contributed by atoms with van der Waals surface area (Å²) >= 11 is 0. The van der Waals surface area contributed by atoms with Crippen molar-refractivity contribution in [1.82, 2.24) is 9.89 Å². The van der Waals surface area contributed by atoms with Crippen LogP contribution in [0.5, 0.6) is 0 Å². The molecule has 0 amide bonds. The van der Waals surface area contributed by atoms with E-state index in [4.69, 9.17) is 5.73 Å². The predicted molar refractivity (Wildman–Crippen MR) is 80.7 cm³/mol. The standard InChI is InChI=1S/C12H19N7/c1-14-11-10(12(15-2)19(16-3)18-11)17-9-7-5-4-6-8(9)13/h4-7,15-17H,13H2,1-3H3,(H,14,18). The third-order valence-corrected chi connectivity index (χ3v) is 2.79. The minimum Gasteiger partial charge on any atom is -0.397 e. The average Bonchev–Trinajstić information content (AvgIpc) is 2.78. The maximum absolute atomic E-state index is 5.94. The molecule has 1 aromatic carbocycles. The van der Waals surface area contributed by atoms with Gasteiger partial charge in [-0.1, -0.05) is 12.1 Å². The second-order valence-corrected chi connectivity index (χ2v) is 3.92. The second kappa shape index (κ2) is 5.38. The fourth-order valence-corrected chi connectivity index (χ4v) is 1.85. The summed E-state index contributed by atoms with van der Waals surface area (Å²) in [5, 5.41) is 13.8. The van der Waals surface area contributed by atoms with Gasteiger partial charge in [0.1, 0.15) is 5.69 Å². The lowest BCUT2D eigenvalue weighted by Gasteiger charge is -2.11. The van der Waals surface area contributed by atoms with Gasteiger partial charge < -0.3 is 27.1 Å². The van der Waals surface area contributed by atoms with Crippen LogP contribution in [0.2, 0.25) is 0 Å². The van der Waals surface area contributed by atoms with Gasteiger partial charge in [-0.3, -0.25) is 0 Å². The van der Waals surface area contributed by atoms with Crippen molar-refractivity contribution < 1.29 is 0 Å². The zero-order valence-electron chi connectivity index (χ0n) is 11.3.